The van der Waals surface area contributed by atoms with E-state index in [1.165, 1.54) is 12.8 Å². The topological polar surface area (TPSA) is 0 Å². The van der Waals surface area contributed by atoms with Crippen LogP contribution in [0.4, 0.5) is 0 Å². The van der Waals surface area contributed by atoms with Gasteiger partial charge in [0.25, 0.3) is 0 Å². The molecule has 0 radical (unpaired) electrons. The lowest BCUT2D eigenvalue weighted by atomic mass is 10.2. The molecule has 0 aliphatic heterocycles. The lowest BCUT2D eigenvalue weighted by molar-refractivity contribution is 1.54. The molecule has 0 aliphatic rings. The Morgan fingerprint density at radius 2 is 2.50 bits per heavy atom. The molecule has 1 unspecified atom stereocenters. The maximum atomic E-state index is 2.22. The van der Waals surface area contributed by atoms with Crippen LogP contribution in [0.25, 0.3) is 0 Å². The van der Waals surface area contributed by atoms with Gasteiger partial charge in [-0.15, -0.1) is 19.0 Å². The Balaban J connectivity index is 2.34. The van der Waals surface area contributed by atoms with Crippen molar-refractivity contribution in [3.8, 4) is 0 Å². The molecule has 0 aromatic carbocycles. The molecule has 0 aliphatic carbocycles. The maximum absolute atomic E-state index is 2.22. The Hall–Kier alpha value is 0.845. The van der Waals surface area contributed by atoms with E-state index in [4.69, 9.17) is 0 Å². The van der Waals surface area contributed by atoms with Gasteiger partial charge in [-0.3, -0.25) is 0 Å². The SMILES string of the molecule is CBPSCC. The summed E-state index contributed by atoms with van der Waals surface area (Å²) in [4.78, 5) is 0. The summed E-state index contributed by atoms with van der Waals surface area (Å²) in [6.07, 6.45) is 0. The summed E-state index contributed by atoms with van der Waals surface area (Å²) in [5.74, 6) is 1.28. The van der Waals surface area contributed by atoms with Crippen molar-refractivity contribution >= 4 is 26.0 Å². The Morgan fingerprint density at radius 1 is 1.83 bits per heavy atom. The molecule has 0 spiro atoms. The average Bonchev–Trinajstić information content (AvgIpc) is 1.61. The van der Waals surface area contributed by atoms with Gasteiger partial charge in [0.1, 0.15) is 0 Å². The third-order valence-electron chi connectivity index (χ3n) is 0.391. The summed E-state index contributed by atoms with van der Waals surface area (Å²) >= 11 is 2.04. The van der Waals surface area contributed by atoms with E-state index in [9.17, 15) is 0 Å². The first kappa shape index (κ1) is 6.84. The fourth-order valence-corrected chi connectivity index (χ4v) is 1.84. The highest BCUT2D eigenvalue weighted by Gasteiger charge is 1.76. The lowest BCUT2D eigenvalue weighted by Gasteiger charge is -1.86. The third-order valence-corrected chi connectivity index (χ3v) is 3.52. The Kier molecular flexibility index (Phi) is 6.67. The van der Waals surface area contributed by atoms with Gasteiger partial charge >= 0.3 is 0 Å². The average molecular weight is 120 g/mol. The van der Waals surface area contributed by atoms with Gasteiger partial charge in [0.2, 0.25) is 0 Å². The van der Waals surface area contributed by atoms with Crippen molar-refractivity contribution in [1.82, 2.24) is 0 Å². The Labute approximate surface area is 46.2 Å². The minimum absolute atomic E-state index is 1.13. The van der Waals surface area contributed by atoms with E-state index in [0.29, 0.717) is 0 Å². The largest absolute Gasteiger partial charge is 0.158 e. The summed E-state index contributed by atoms with van der Waals surface area (Å²) in [5, 5.41) is 0. The van der Waals surface area contributed by atoms with Crippen LogP contribution in [0.15, 0.2) is 0 Å². The zero-order chi connectivity index (χ0) is 4.83. The van der Waals surface area contributed by atoms with E-state index in [-0.39, 0.29) is 0 Å². The lowest BCUT2D eigenvalue weighted by Crippen LogP contribution is -1.60. The monoisotopic (exact) mass is 120 g/mol. The number of hydrogen-bond acceptors (Lipinski definition) is 1. The fourth-order valence-electron chi connectivity index (χ4n) is 0.204. The first-order valence-corrected chi connectivity index (χ1v) is 5.18. The zero-order valence-electron chi connectivity index (χ0n) is 4.32. The minimum Gasteiger partial charge on any atom is -0.148 e. The smallest absolute Gasteiger partial charge is 0.148 e. The quantitative estimate of drug-likeness (QED) is 0.310. The highest BCUT2D eigenvalue weighted by Crippen LogP contribution is 2.25. The van der Waals surface area contributed by atoms with Crippen LogP contribution in [0.5, 0.6) is 0 Å². The van der Waals surface area contributed by atoms with Crippen molar-refractivity contribution in [1.29, 1.82) is 0 Å². The van der Waals surface area contributed by atoms with Gasteiger partial charge < -0.3 is 0 Å². The van der Waals surface area contributed by atoms with Gasteiger partial charge in [0, 0.05) is 0 Å². The molecule has 0 rings (SSSR count). The van der Waals surface area contributed by atoms with Crippen LogP contribution in [-0.4, -0.2) is 12.8 Å². The molecule has 0 N–H and O–H groups in total. The maximum Gasteiger partial charge on any atom is 0.158 e. The molecule has 0 aromatic rings. The molecule has 0 amide bonds. The molecule has 0 aromatic heterocycles. The number of hydrogen-bond donors (Lipinski definition) is 0. The van der Waals surface area contributed by atoms with Crippen molar-refractivity contribution in [2.75, 3.05) is 5.75 Å². The molecule has 0 bridgehead atoms. The molecule has 0 nitrogen and oxygen atoms in total. The van der Waals surface area contributed by atoms with Crippen molar-refractivity contribution in [3.63, 3.8) is 0 Å². The Morgan fingerprint density at radius 3 is 2.67 bits per heavy atom. The second-order valence-corrected chi connectivity index (χ2v) is 4.52. The van der Waals surface area contributed by atoms with Crippen LogP contribution < -0.4 is 0 Å². The summed E-state index contributed by atoms with van der Waals surface area (Å²) in [6.45, 7) is 5.77. The summed E-state index contributed by atoms with van der Waals surface area (Å²) in [6, 6.07) is 0. The van der Waals surface area contributed by atoms with Crippen molar-refractivity contribution in [2.45, 2.75) is 13.7 Å². The molecule has 0 saturated heterocycles. The highest BCUT2D eigenvalue weighted by atomic mass is 32.7. The van der Waals surface area contributed by atoms with Gasteiger partial charge in [-0.1, -0.05) is 13.7 Å². The first-order chi connectivity index (χ1) is 2.91. The molecule has 36 valence electrons. The molecule has 6 heavy (non-hydrogen) atoms. The van der Waals surface area contributed by atoms with Gasteiger partial charge in [0.15, 0.2) is 7.00 Å². The van der Waals surface area contributed by atoms with Crippen LogP contribution in [0.1, 0.15) is 6.92 Å². The van der Waals surface area contributed by atoms with E-state index in [0.717, 1.165) is 7.66 Å². The zero-order valence-corrected chi connectivity index (χ0v) is 6.14. The predicted molar refractivity (Wildman–Crippen MR) is 39.5 cm³/mol. The van der Waals surface area contributed by atoms with Crippen molar-refractivity contribution in [2.24, 2.45) is 0 Å². The first-order valence-electron chi connectivity index (χ1n) is 2.26. The summed E-state index contributed by atoms with van der Waals surface area (Å²) in [5.41, 5.74) is 0. The molecule has 0 fully saturated rings. The van der Waals surface area contributed by atoms with Gasteiger partial charge in [-0.2, -0.15) is 0 Å². The second-order valence-electron chi connectivity index (χ2n) is 0.931. The van der Waals surface area contributed by atoms with E-state index in [1.54, 1.807) is 0 Å². The third kappa shape index (κ3) is 4.84. The van der Waals surface area contributed by atoms with E-state index in [2.05, 4.69) is 13.7 Å². The van der Waals surface area contributed by atoms with Crippen LogP contribution >= 0.6 is 19.0 Å². The normalized spacial score (nSPS) is 10.3. The van der Waals surface area contributed by atoms with Crippen molar-refractivity contribution < 1.29 is 0 Å². The molecule has 3 heteroatoms. The second kappa shape index (κ2) is 5.84. The molecule has 0 saturated carbocycles. The van der Waals surface area contributed by atoms with Crippen LogP contribution in [-0.2, 0) is 0 Å². The van der Waals surface area contributed by atoms with E-state index >= 15 is 0 Å². The molecule has 1 atom stereocenters. The minimum atomic E-state index is 1.13. The van der Waals surface area contributed by atoms with Crippen LogP contribution in [0, 0.1) is 0 Å². The Bertz CT molecular complexity index is 22.8. The molecule has 0 heterocycles. The van der Waals surface area contributed by atoms with E-state index in [1.807, 2.05) is 11.4 Å². The van der Waals surface area contributed by atoms with Gasteiger partial charge in [-0.05, 0) is 5.75 Å². The van der Waals surface area contributed by atoms with Gasteiger partial charge in [-0.25, -0.2) is 0 Å². The number of rotatable bonds is 3. The van der Waals surface area contributed by atoms with Crippen LogP contribution in [0.3, 0.4) is 0 Å². The fraction of sp³-hybridized carbons (Fsp3) is 1.00. The summed E-state index contributed by atoms with van der Waals surface area (Å²) in [7, 11) is 1.13. The molecular weight excluding hydrogens is 110 g/mol. The summed E-state index contributed by atoms with van der Waals surface area (Å²) < 4.78 is 0. The van der Waals surface area contributed by atoms with E-state index < -0.39 is 0 Å². The molecular formula is C3H10BPS. The van der Waals surface area contributed by atoms with Crippen LogP contribution in [0.2, 0.25) is 6.82 Å². The van der Waals surface area contributed by atoms with Crippen molar-refractivity contribution in [3.05, 3.63) is 0 Å². The highest BCUT2D eigenvalue weighted by molar-refractivity contribution is 8.56. The standard InChI is InChI=1S/C3H10BPS/c1-3-6-5-4-2/h4-5H,3H2,1-2H3. The van der Waals surface area contributed by atoms with Gasteiger partial charge in [0.05, 0.1) is 0 Å². The predicted octanol–water partition coefficient (Wildman–Crippen LogP) is 1.73.